The lowest BCUT2D eigenvalue weighted by Gasteiger charge is -2.03. The molecule has 2 heterocycles. The molecule has 0 atom stereocenters. The van der Waals surface area contributed by atoms with Crippen molar-refractivity contribution in [3.63, 3.8) is 0 Å². The first-order chi connectivity index (χ1) is 13.1. The van der Waals surface area contributed by atoms with E-state index >= 15 is 0 Å². The summed E-state index contributed by atoms with van der Waals surface area (Å²) in [5.74, 6) is 1.41. The number of nitrogens with zero attached hydrogens (tertiary/aromatic N) is 2. The summed E-state index contributed by atoms with van der Waals surface area (Å²) in [6.45, 7) is 0.225. The van der Waals surface area contributed by atoms with E-state index in [4.69, 9.17) is 32.7 Å². The van der Waals surface area contributed by atoms with Gasteiger partial charge in [0, 0.05) is 22.8 Å². The number of rotatable bonds is 4. The number of halogens is 2. The fraction of sp³-hybridized carbons (Fsp3) is 0.0526. The minimum absolute atomic E-state index is 0.225. The van der Waals surface area contributed by atoms with E-state index in [9.17, 15) is 5.26 Å². The summed E-state index contributed by atoms with van der Waals surface area (Å²) >= 11 is 13.3. The lowest BCUT2D eigenvalue weighted by Crippen LogP contribution is -1.92. The maximum Gasteiger partial charge on any atom is 0.231 e. The van der Waals surface area contributed by atoms with Crippen LogP contribution in [-0.4, -0.2) is 11.8 Å². The molecule has 8 heteroatoms. The van der Waals surface area contributed by atoms with E-state index < -0.39 is 0 Å². The second-order valence-corrected chi connectivity index (χ2v) is 7.22. The van der Waals surface area contributed by atoms with Gasteiger partial charge in [-0.3, -0.25) is 0 Å². The van der Waals surface area contributed by atoms with Crippen molar-refractivity contribution >= 4 is 45.8 Å². The Labute approximate surface area is 169 Å². The molecule has 0 unspecified atom stereocenters. The predicted molar refractivity (Wildman–Crippen MR) is 107 cm³/mol. The largest absolute Gasteiger partial charge is 0.454 e. The molecule has 3 aromatic rings. The van der Waals surface area contributed by atoms with Gasteiger partial charge in [0.2, 0.25) is 6.79 Å². The van der Waals surface area contributed by atoms with Crippen LogP contribution in [0.2, 0.25) is 10.0 Å². The fourth-order valence-electron chi connectivity index (χ4n) is 2.47. The van der Waals surface area contributed by atoms with Crippen molar-refractivity contribution in [2.75, 3.05) is 12.1 Å². The van der Waals surface area contributed by atoms with Crippen LogP contribution >= 0.6 is 34.5 Å². The molecule has 0 radical (unpaired) electrons. The molecule has 0 bridgehead atoms. The Morgan fingerprint density at radius 3 is 2.81 bits per heavy atom. The molecule has 0 aliphatic carbocycles. The lowest BCUT2D eigenvalue weighted by atomic mass is 10.1. The third kappa shape index (κ3) is 3.71. The topological polar surface area (TPSA) is 67.2 Å². The van der Waals surface area contributed by atoms with Gasteiger partial charge in [-0.05, 0) is 36.4 Å². The number of allylic oxidation sites excluding steroid dienone is 1. The van der Waals surface area contributed by atoms with Gasteiger partial charge in [0.25, 0.3) is 0 Å². The van der Waals surface area contributed by atoms with E-state index in [0.29, 0.717) is 26.4 Å². The zero-order valence-electron chi connectivity index (χ0n) is 13.7. The van der Waals surface area contributed by atoms with E-state index in [1.165, 1.54) is 11.3 Å². The van der Waals surface area contributed by atoms with Crippen molar-refractivity contribution < 1.29 is 9.47 Å². The van der Waals surface area contributed by atoms with Gasteiger partial charge in [0.05, 0.1) is 15.7 Å². The van der Waals surface area contributed by atoms with Gasteiger partial charge in [-0.15, -0.1) is 11.3 Å². The molecule has 2 aromatic carbocycles. The summed E-state index contributed by atoms with van der Waals surface area (Å²) in [4.78, 5) is 4.57. The highest BCUT2D eigenvalue weighted by Gasteiger charge is 2.16. The number of anilines is 1. The third-order valence-electron chi connectivity index (χ3n) is 3.83. The highest BCUT2D eigenvalue weighted by atomic mass is 35.5. The smallest absolute Gasteiger partial charge is 0.231 e. The van der Waals surface area contributed by atoms with Crippen molar-refractivity contribution in [3.05, 3.63) is 63.0 Å². The molecule has 5 nitrogen and oxygen atoms in total. The number of benzene rings is 2. The van der Waals surface area contributed by atoms with Crippen molar-refractivity contribution in [1.29, 1.82) is 5.26 Å². The minimum Gasteiger partial charge on any atom is -0.454 e. The van der Waals surface area contributed by atoms with Crippen LogP contribution in [0.1, 0.15) is 5.01 Å². The molecule has 1 aliphatic rings. The number of ether oxygens (including phenoxy) is 2. The fourth-order valence-corrected chi connectivity index (χ4v) is 3.56. The van der Waals surface area contributed by atoms with Crippen LogP contribution in [0.3, 0.4) is 0 Å². The van der Waals surface area contributed by atoms with E-state index in [1.807, 2.05) is 23.6 Å². The van der Waals surface area contributed by atoms with Crippen LogP contribution in [-0.2, 0) is 0 Å². The summed E-state index contributed by atoms with van der Waals surface area (Å²) in [5.41, 5.74) is 2.81. The standard InChI is InChI=1S/C19H11Cl2N3O2S/c20-14-3-2-13(6-15(14)21)23-8-12(7-22)19-24-16(9-27-19)11-1-4-17-18(5-11)26-10-25-17/h1-6,8-9,23H,10H2. The lowest BCUT2D eigenvalue weighted by molar-refractivity contribution is 0.174. The Hall–Kier alpha value is -2.72. The van der Waals surface area contributed by atoms with Gasteiger partial charge >= 0.3 is 0 Å². The molecule has 1 N–H and O–H groups in total. The number of nitrogens with one attached hydrogen (secondary N) is 1. The molecule has 0 saturated heterocycles. The second kappa shape index (κ2) is 7.49. The summed E-state index contributed by atoms with van der Waals surface area (Å²) in [5, 5.41) is 16.0. The predicted octanol–water partition coefficient (Wildman–Crippen LogP) is 5.82. The maximum atomic E-state index is 9.49. The van der Waals surface area contributed by atoms with Crippen molar-refractivity contribution in [2.24, 2.45) is 0 Å². The number of aromatic nitrogens is 1. The molecule has 0 fully saturated rings. The Morgan fingerprint density at radius 1 is 1.15 bits per heavy atom. The van der Waals surface area contributed by atoms with Crippen LogP contribution in [0, 0.1) is 11.3 Å². The van der Waals surface area contributed by atoms with E-state index in [-0.39, 0.29) is 6.79 Å². The van der Waals surface area contributed by atoms with E-state index in [1.54, 1.807) is 24.4 Å². The van der Waals surface area contributed by atoms with Crippen LogP contribution in [0.15, 0.2) is 48.0 Å². The van der Waals surface area contributed by atoms with Gasteiger partial charge in [-0.25, -0.2) is 4.98 Å². The number of thiazole rings is 1. The Bertz CT molecular complexity index is 1090. The molecule has 1 aliphatic heterocycles. The molecular weight excluding hydrogens is 405 g/mol. The van der Waals surface area contributed by atoms with Crippen molar-refractivity contribution in [3.8, 4) is 28.8 Å². The average molecular weight is 416 g/mol. The molecule has 1 aromatic heterocycles. The summed E-state index contributed by atoms with van der Waals surface area (Å²) in [7, 11) is 0. The molecule has 134 valence electrons. The van der Waals surface area contributed by atoms with Crippen LogP contribution in [0.25, 0.3) is 16.8 Å². The second-order valence-electron chi connectivity index (χ2n) is 5.55. The number of hydrogen-bond acceptors (Lipinski definition) is 6. The van der Waals surface area contributed by atoms with Crippen molar-refractivity contribution in [2.45, 2.75) is 0 Å². The molecule has 0 saturated carbocycles. The highest BCUT2D eigenvalue weighted by molar-refractivity contribution is 7.11. The van der Waals surface area contributed by atoms with Gasteiger partial charge in [0.1, 0.15) is 16.6 Å². The Kier molecular flexibility index (Phi) is 4.90. The zero-order valence-corrected chi connectivity index (χ0v) is 16.0. The van der Waals surface area contributed by atoms with Crippen LogP contribution in [0.5, 0.6) is 11.5 Å². The molecule has 0 spiro atoms. The Morgan fingerprint density at radius 2 is 2.00 bits per heavy atom. The number of nitriles is 1. The summed E-state index contributed by atoms with van der Waals surface area (Å²) < 4.78 is 10.7. The molecule has 4 rings (SSSR count). The first-order valence-corrected chi connectivity index (χ1v) is 9.45. The van der Waals surface area contributed by atoms with E-state index in [2.05, 4.69) is 16.4 Å². The zero-order chi connectivity index (χ0) is 18.8. The van der Waals surface area contributed by atoms with Gasteiger partial charge < -0.3 is 14.8 Å². The van der Waals surface area contributed by atoms with Crippen LogP contribution in [0.4, 0.5) is 5.69 Å². The number of hydrogen-bond donors (Lipinski definition) is 1. The molecule has 0 amide bonds. The van der Waals surface area contributed by atoms with Gasteiger partial charge in [0.15, 0.2) is 11.5 Å². The maximum absolute atomic E-state index is 9.49. The molecule has 27 heavy (non-hydrogen) atoms. The first-order valence-electron chi connectivity index (χ1n) is 7.82. The third-order valence-corrected chi connectivity index (χ3v) is 5.44. The molecular formula is C19H11Cl2N3O2S. The summed E-state index contributed by atoms with van der Waals surface area (Å²) in [6, 6.07) is 13.0. The minimum atomic E-state index is 0.225. The monoisotopic (exact) mass is 415 g/mol. The average Bonchev–Trinajstić information content (AvgIpc) is 3.34. The van der Waals surface area contributed by atoms with Crippen molar-refractivity contribution in [1.82, 2.24) is 4.98 Å². The SMILES string of the molecule is N#CC(=CNc1ccc(Cl)c(Cl)c1)c1nc(-c2ccc3c(c2)OCO3)cs1. The Balaban J connectivity index is 1.57. The van der Waals surface area contributed by atoms with Crippen LogP contribution < -0.4 is 14.8 Å². The number of fused-ring (bicyclic) bond motifs is 1. The summed E-state index contributed by atoms with van der Waals surface area (Å²) in [6.07, 6.45) is 1.60. The quantitative estimate of drug-likeness (QED) is 0.543. The first kappa shape index (κ1) is 17.7. The van der Waals surface area contributed by atoms with Gasteiger partial charge in [-0.1, -0.05) is 23.2 Å². The van der Waals surface area contributed by atoms with Gasteiger partial charge in [-0.2, -0.15) is 5.26 Å². The highest BCUT2D eigenvalue weighted by Crippen LogP contribution is 2.36. The normalized spacial score (nSPS) is 12.7. The van der Waals surface area contributed by atoms with E-state index in [0.717, 1.165) is 22.7 Å².